The van der Waals surface area contributed by atoms with Gasteiger partial charge < -0.3 is 20.0 Å². The van der Waals surface area contributed by atoms with E-state index in [1.807, 2.05) is 0 Å². The van der Waals surface area contributed by atoms with Crippen LogP contribution in [0.25, 0.3) is 10.9 Å². The predicted octanol–water partition coefficient (Wildman–Crippen LogP) is 2.12. The summed E-state index contributed by atoms with van der Waals surface area (Å²) < 4.78 is 40.8. The fourth-order valence-electron chi connectivity index (χ4n) is 2.39. The van der Waals surface area contributed by atoms with E-state index in [0.717, 1.165) is 17.8 Å². The first kappa shape index (κ1) is 17.5. The monoisotopic (exact) mass is 366 g/mol. The molecule has 0 atom stereocenters. The number of nitrogens with one attached hydrogen (secondary N) is 3. The predicted molar refractivity (Wildman–Crippen MR) is 85.9 cm³/mol. The lowest BCUT2D eigenvalue weighted by Crippen LogP contribution is -2.30. The molecule has 10 heteroatoms. The number of H-pyrrole nitrogens is 2. The van der Waals surface area contributed by atoms with Crippen LogP contribution in [0.15, 0.2) is 41.7 Å². The number of carbonyl (C=O) groups is 1. The van der Waals surface area contributed by atoms with E-state index in [1.54, 1.807) is 6.20 Å². The lowest BCUT2D eigenvalue weighted by Gasteiger charge is -2.10. The van der Waals surface area contributed by atoms with Crippen molar-refractivity contribution in [3.8, 4) is 5.75 Å². The highest BCUT2D eigenvalue weighted by molar-refractivity contribution is 5.97. The zero-order valence-electron chi connectivity index (χ0n) is 13.2. The lowest BCUT2D eigenvalue weighted by molar-refractivity contribution is -0.274. The van der Waals surface area contributed by atoms with Crippen LogP contribution in [0.4, 0.5) is 13.2 Å². The first-order valence-electron chi connectivity index (χ1n) is 7.50. The first-order valence-corrected chi connectivity index (χ1v) is 7.50. The van der Waals surface area contributed by atoms with Crippen molar-refractivity contribution in [2.24, 2.45) is 0 Å². The molecule has 7 nitrogen and oxygen atoms in total. The van der Waals surface area contributed by atoms with Gasteiger partial charge in [0, 0.05) is 42.0 Å². The average molecular weight is 366 g/mol. The molecule has 0 fully saturated rings. The number of imidazole rings is 1. The maximum atomic E-state index is 12.4. The van der Waals surface area contributed by atoms with Crippen LogP contribution in [0.5, 0.6) is 5.75 Å². The van der Waals surface area contributed by atoms with Crippen molar-refractivity contribution in [1.29, 1.82) is 0 Å². The molecular weight excluding hydrogens is 353 g/mol. The van der Waals surface area contributed by atoms with Crippen molar-refractivity contribution in [2.75, 3.05) is 6.54 Å². The van der Waals surface area contributed by atoms with Gasteiger partial charge in [-0.25, -0.2) is 4.98 Å². The van der Waals surface area contributed by atoms with Crippen LogP contribution in [-0.2, 0) is 6.42 Å². The van der Waals surface area contributed by atoms with Crippen molar-refractivity contribution in [2.45, 2.75) is 12.8 Å². The molecule has 1 aromatic carbocycles. The minimum absolute atomic E-state index is 0.0760. The molecule has 136 valence electrons. The highest BCUT2D eigenvalue weighted by atomic mass is 19.4. The Morgan fingerprint density at radius 3 is 2.77 bits per heavy atom. The minimum atomic E-state index is -4.87. The third-order valence-corrected chi connectivity index (χ3v) is 3.57. The zero-order valence-corrected chi connectivity index (χ0v) is 13.2. The molecule has 2 heterocycles. The Morgan fingerprint density at radius 1 is 1.27 bits per heavy atom. The fourth-order valence-corrected chi connectivity index (χ4v) is 2.39. The summed E-state index contributed by atoms with van der Waals surface area (Å²) >= 11 is 0. The van der Waals surface area contributed by atoms with Gasteiger partial charge in [0.1, 0.15) is 11.3 Å². The number of amides is 1. The summed E-state index contributed by atoms with van der Waals surface area (Å²) in [5.41, 5.74) is 0.210. The number of rotatable bonds is 5. The number of benzene rings is 1. The van der Waals surface area contributed by atoms with Gasteiger partial charge in [-0.2, -0.15) is 0 Å². The van der Waals surface area contributed by atoms with E-state index < -0.39 is 23.4 Å². The van der Waals surface area contributed by atoms with Gasteiger partial charge in [0.15, 0.2) is 0 Å². The third kappa shape index (κ3) is 4.02. The van der Waals surface area contributed by atoms with Crippen LogP contribution in [-0.4, -0.2) is 33.8 Å². The van der Waals surface area contributed by atoms with Crippen molar-refractivity contribution in [3.63, 3.8) is 0 Å². The molecular formula is C16H13F3N4O3. The second-order valence-electron chi connectivity index (χ2n) is 5.37. The summed E-state index contributed by atoms with van der Waals surface area (Å²) in [4.78, 5) is 34.1. The van der Waals surface area contributed by atoms with Crippen LogP contribution < -0.4 is 15.5 Å². The Hall–Kier alpha value is -3.30. The van der Waals surface area contributed by atoms with Crippen molar-refractivity contribution < 1.29 is 22.7 Å². The number of ether oxygens (including phenoxy) is 1. The molecule has 2 aromatic heterocycles. The molecule has 1 amide bonds. The summed E-state index contributed by atoms with van der Waals surface area (Å²) in [6, 6.07) is 3.30. The molecule has 0 bridgehead atoms. The number of hydrogen-bond acceptors (Lipinski definition) is 4. The number of nitrogens with zero attached hydrogens (tertiary/aromatic N) is 1. The topological polar surface area (TPSA) is 99.9 Å². The second-order valence-corrected chi connectivity index (χ2v) is 5.37. The number of alkyl halides is 3. The van der Waals surface area contributed by atoms with Crippen LogP contribution in [0.1, 0.15) is 16.1 Å². The molecule has 0 aliphatic heterocycles. The highest BCUT2D eigenvalue weighted by Crippen LogP contribution is 2.24. The van der Waals surface area contributed by atoms with Gasteiger partial charge in [-0.05, 0) is 18.2 Å². The molecule has 0 saturated heterocycles. The number of fused-ring (bicyclic) bond motifs is 1. The van der Waals surface area contributed by atoms with Gasteiger partial charge >= 0.3 is 6.36 Å². The van der Waals surface area contributed by atoms with Gasteiger partial charge in [-0.15, -0.1) is 13.2 Å². The van der Waals surface area contributed by atoms with Crippen molar-refractivity contribution in [1.82, 2.24) is 20.3 Å². The van der Waals surface area contributed by atoms with E-state index in [2.05, 4.69) is 25.0 Å². The normalized spacial score (nSPS) is 11.5. The van der Waals surface area contributed by atoms with Crippen LogP contribution in [0, 0.1) is 0 Å². The smallest absolute Gasteiger partial charge is 0.406 e. The van der Waals surface area contributed by atoms with E-state index in [1.165, 1.54) is 18.6 Å². The van der Waals surface area contributed by atoms with Crippen molar-refractivity contribution >= 4 is 16.8 Å². The van der Waals surface area contributed by atoms with Gasteiger partial charge in [-0.3, -0.25) is 9.59 Å². The van der Waals surface area contributed by atoms with E-state index >= 15 is 0 Å². The molecule has 3 N–H and O–H groups in total. The molecule has 0 radical (unpaired) electrons. The summed E-state index contributed by atoms with van der Waals surface area (Å²) in [6.07, 6.45) is -0.0493. The number of hydrogen-bond donors (Lipinski definition) is 3. The summed E-state index contributed by atoms with van der Waals surface area (Å²) in [5.74, 6) is -1.16. The average Bonchev–Trinajstić information content (AvgIpc) is 3.07. The summed E-state index contributed by atoms with van der Waals surface area (Å²) in [6.45, 7) is 0.260. The van der Waals surface area contributed by atoms with E-state index in [9.17, 15) is 22.8 Å². The highest BCUT2D eigenvalue weighted by Gasteiger charge is 2.31. The van der Waals surface area contributed by atoms with Crippen LogP contribution in [0.3, 0.4) is 0 Å². The lowest BCUT2D eigenvalue weighted by atomic mass is 10.1. The quantitative estimate of drug-likeness (QED) is 0.644. The van der Waals surface area contributed by atoms with E-state index in [4.69, 9.17) is 0 Å². The molecule has 3 aromatic rings. The Bertz CT molecular complexity index is 981. The maximum Gasteiger partial charge on any atom is 0.573 e. The molecule has 26 heavy (non-hydrogen) atoms. The van der Waals surface area contributed by atoms with Crippen LogP contribution in [0.2, 0.25) is 0 Å². The van der Waals surface area contributed by atoms with Crippen molar-refractivity contribution in [3.05, 3.63) is 58.4 Å². The molecule has 0 saturated carbocycles. The number of pyridine rings is 1. The first-order chi connectivity index (χ1) is 12.3. The summed E-state index contributed by atoms with van der Waals surface area (Å²) in [7, 11) is 0. The van der Waals surface area contributed by atoms with Gasteiger partial charge in [0.05, 0.1) is 6.33 Å². The maximum absolute atomic E-state index is 12.4. The fraction of sp³-hybridized carbons (Fsp3) is 0.188. The Balaban J connectivity index is 1.80. The number of carbonyl (C=O) groups excluding carboxylic acids is 1. The number of aromatic nitrogens is 3. The van der Waals surface area contributed by atoms with Gasteiger partial charge in [0.25, 0.3) is 5.91 Å². The van der Waals surface area contributed by atoms with Gasteiger partial charge in [0.2, 0.25) is 5.43 Å². The Labute approximate surface area is 144 Å². The Kier molecular flexibility index (Phi) is 4.65. The molecule has 0 spiro atoms. The number of aromatic amines is 2. The third-order valence-electron chi connectivity index (χ3n) is 3.57. The Morgan fingerprint density at radius 2 is 2.08 bits per heavy atom. The van der Waals surface area contributed by atoms with Crippen LogP contribution >= 0.6 is 0 Å². The SMILES string of the molecule is O=C(NCCc1cnc[nH]1)c1c[nH]c2ccc(OC(F)(F)F)cc2c1=O. The van der Waals surface area contributed by atoms with E-state index in [0.29, 0.717) is 11.9 Å². The summed E-state index contributed by atoms with van der Waals surface area (Å²) in [5, 5.41) is 2.50. The zero-order chi connectivity index (χ0) is 18.7. The minimum Gasteiger partial charge on any atom is -0.406 e. The largest absolute Gasteiger partial charge is 0.573 e. The van der Waals surface area contributed by atoms with E-state index in [-0.39, 0.29) is 17.5 Å². The number of halogens is 3. The van der Waals surface area contributed by atoms with Gasteiger partial charge in [-0.1, -0.05) is 0 Å². The molecule has 0 aliphatic rings. The standard InChI is InChI=1S/C16H13F3N4O3/c17-16(18,19)26-10-1-2-13-11(5-10)14(24)12(7-22-13)15(25)21-4-3-9-6-20-8-23-9/h1-2,5-8H,3-4H2,(H,20,23)(H,21,25)(H,22,24). The molecule has 0 unspecified atom stereocenters. The second kappa shape index (κ2) is 6.90. The molecule has 0 aliphatic carbocycles. The molecule has 3 rings (SSSR count).